The third kappa shape index (κ3) is 5.54. The first-order chi connectivity index (χ1) is 16.8. The van der Waals surface area contributed by atoms with Gasteiger partial charge in [0.05, 0.1) is 0 Å². The molecular weight excluding hydrogens is 414 g/mol. The number of hydrogen-bond donors (Lipinski definition) is 0. The van der Waals surface area contributed by atoms with E-state index in [1.54, 1.807) is 11.1 Å². The van der Waals surface area contributed by atoms with Crippen LogP contribution in [0.5, 0.6) is 0 Å². The van der Waals surface area contributed by atoms with Gasteiger partial charge in [0.1, 0.15) is 0 Å². The van der Waals surface area contributed by atoms with E-state index in [4.69, 9.17) is 0 Å². The Kier molecular flexibility index (Phi) is 7.62. The standard InChI is InChI=1S/C31H39N3/c1-2-18-32-19-21-33(22-20-32)31-15-9-14-28-16-17-29(23-30(28)31)34(24-26-10-5-3-6-11-26)25-27-12-7-4-8-13-27/h3-15,29H,2,16-25H2,1H3/t29-/m1/s1. The van der Waals surface area contributed by atoms with Gasteiger partial charge in [0.25, 0.3) is 0 Å². The lowest BCUT2D eigenvalue weighted by Gasteiger charge is -2.40. The van der Waals surface area contributed by atoms with Crippen LogP contribution in [0.1, 0.15) is 42.0 Å². The molecule has 5 rings (SSSR count). The van der Waals surface area contributed by atoms with Crippen LogP contribution in [0.4, 0.5) is 5.69 Å². The largest absolute Gasteiger partial charge is 0.369 e. The predicted octanol–water partition coefficient (Wildman–Crippen LogP) is 5.78. The van der Waals surface area contributed by atoms with Crippen LogP contribution in [0, 0.1) is 0 Å². The van der Waals surface area contributed by atoms with Crippen molar-refractivity contribution in [3.05, 3.63) is 101 Å². The Balaban J connectivity index is 1.36. The lowest BCUT2D eigenvalue weighted by atomic mass is 9.85. The summed E-state index contributed by atoms with van der Waals surface area (Å²) in [6, 6.07) is 29.6. The van der Waals surface area contributed by atoms with Crippen LogP contribution in [0.25, 0.3) is 0 Å². The summed E-state index contributed by atoms with van der Waals surface area (Å²) in [6.45, 7) is 10.2. The fraction of sp³-hybridized carbons (Fsp3) is 0.419. The Hall–Kier alpha value is -2.62. The van der Waals surface area contributed by atoms with Gasteiger partial charge in [0.2, 0.25) is 0 Å². The van der Waals surface area contributed by atoms with Crippen molar-refractivity contribution >= 4 is 5.69 Å². The second-order valence-electron chi connectivity index (χ2n) is 10.0. The van der Waals surface area contributed by atoms with Crippen LogP contribution >= 0.6 is 0 Å². The molecule has 0 bridgehead atoms. The summed E-state index contributed by atoms with van der Waals surface area (Å²) in [5, 5.41) is 0. The average Bonchev–Trinajstić information content (AvgIpc) is 2.90. The van der Waals surface area contributed by atoms with E-state index >= 15 is 0 Å². The van der Waals surface area contributed by atoms with Gasteiger partial charge in [-0.05, 0) is 60.5 Å². The van der Waals surface area contributed by atoms with Crippen molar-refractivity contribution in [2.75, 3.05) is 37.6 Å². The molecule has 0 spiro atoms. The highest BCUT2D eigenvalue weighted by Crippen LogP contribution is 2.34. The number of rotatable bonds is 8. The highest BCUT2D eigenvalue weighted by atomic mass is 15.3. The number of benzene rings is 3. The third-order valence-electron chi connectivity index (χ3n) is 7.66. The monoisotopic (exact) mass is 453 g/mol. The van der Waals surface area contributed by atoms with E-state index < -0.39 is 0 Å². The number of nitrogens with zero attached hydrogens (tertiary/aromatic N) is 3. The number of fused-ring (bicyclic) bond motifs is 1. The van der Waals surface area contributed by atoms with Gasteiger partial charge < -0.3 is 4.90 Å². The Morgan fingerprint density at radius 3 is 2.03 bits per heavy atom. The van der Waals surface area contributed by atoms with Crippen LogP contribution in [0.15, 0.2) is 78.9 Å². The second-order valence-corrected chi connectivity index (χ2v) is 10.0. The van der Waals surface area contributed by atoms with Crippen molar-refractivity contribution in [2.45, 2.75) is 51.7 Å². The van der Waals surface area contributed by atoms with Crippen LogP contribution in [0.2, 0.25) is 0 Å². The fourth-order valence-electron chi connectivity index (χ4n) is 5.84. The van der Waals surface area contributed by atoms with Crippen molar-refractivity contribution < 1.29 is 0 Å². The van der Waals surface area contributed by atoms with E-state index in [1.165, 1.54) is 55.7 Å². The summed E-state index contributed by atoms with van der Waals surface area (Å²) in [7, 11) is 0. The lowest BCUT2D eigenvalue weighted by molar-refractivity contribution is 0.162. The van der Waals surface area contributed by atoms with Gasteiger partial charge in [-0.25, -0.2) is 0 Å². The number of aryl methyl sites for hydroxylation is 1. The Morgan fingerprint density at radius 2 is 1.41 bits per heavy atom. The van der Waals surface area contributed by atoms with Gasteiger partial charge in [-0.2, -0.15) is 0 Å². The van der Waals surface area contributed by atoms with E-state index in [1.807, 2.05) is 0 Å². The minimum atomic E-state index is 0.565. The van der Waals surface area contributed by atoms with Crippen LogP contribution in [-0.4, -0.2) is 48.6 Å². The van der Waals surface area contributed by atoms with Gasteiger partial charge >= 0.3 is 0 Å². The van der Waals surface area contributed by atoms with E-state index in [2.05, 4.69) is 100 Å². The summed E-state index contributed by atoms with van der Waals surface area (Å²) in [4.78, 5) is 8.01. The van der Waals surface area contributed by atoms with Gasteiger partial charge in [-0.1, -0.05) is 79.7 Å². The minimum Gasteiger partial charge on any atom is -0.369 e. The Morgan fingerprint density at radius 1 is 0.765 bits per heavy atom. The molecule has 0 radical (unpaired) electrons. The van der Waals surface area contributed by atoms with Crippen molar-refractivity contribution in [1.29, 1.82) is 0 Å². The van der Waals surface area contributed by atoms with Gasteiger partial charge in [0, 0.05) is 51.0 Å². The second kappa shape index (κ2) is 11.2. The molecule has 34 heavy (non-hydrogen) atoms. The minimum absolute atomic E-state index is 0.565. The first-order valence-electron chi connectivity index (χ1n) is 13.2. The molecule has 178 valence electrons. The molecule has 1 atom stereocenters. The quantitative estimate of drug-likeness (QED) is 0.428. The van der Waals surface area contributed by atoms with E-state index in [0.29, 0.717) is 6.04 Å². The molecule has 1 heterocycles. The summed E-state index contributed by atoms with van der Waals surface area (Å²) >= 11 is 0. The maximum absolute atomic E-state index is 2.73. The van der Waals surface area contributed by atoms with E-state index in [9.17, 15) is 0 Å². The first kappa shape index (κ1) is 23.1. The molecular formula is C31H39N3. The fourth-order valence-corrected chi connectivity index (χ4v) is 5.84. The normalized spacial score (nSPS) is 18.8. The average molecular weight is 454 g/mol. The lowest BCUT2D eigenvalue weighted by Crippen LogP contribution is -2.47. The zero-order valence-electron chi connectivity index (χ0n) is 20.7. The van der Waals surface area contributed by atoms with Crippen LogP contribution < -0.4 is 4.90 Å². The summed E-state index contributed by atoms with van der Waals surface area (Å²) in [6.07, 6.45) is 4.82. The Labute approximate surface area is 206 Å². The molecule has 1 saturated heterocycles. The molecule has 3 aromatic carbocycles. The van der Waals surface area contributed by atoms with Crippen LogP contribution in [0.3, 0.4) is 0 Å². The topological polar surface area (TPSA) is 9.72 Å². The number of hydrogen-bond acceptors (Lipinski definition) is 3. The van der Waals surface area contributed by atoms with Gasteiger partial charge in [0.15, 0.2) is 0 Å². The molecule has 3 heteroatoms. The molecule has 1 fully saturated rings. The van der Waals surface area contributed by atoms with Crippen molar-refractivity contribution in [2.24, 2.45) is 0 Å². The molecule has 2 aliphatic rings. The predicted molar refractivity (Wildman–Crippen MR) is 143 cm³/mol. The zero-order valence-corrected chi connectivity index (χ0v) is 20.7. The Bertz CT molecular complexity index is 984. The zero-order chi connectivity index (χ0) is 23.2. The number of anilines is 1. The highest BCUT2D eigenvalue weighted by Gasteiger charge is 2.28. The summed E-state index contributed by atoms with van der Waals surface area (Å²) in [5.41, 5.74) is 7.49. The molecule has 1 aliphatic heterocycles. The maximum Gasteiger partial charge on any atom is 0.0403 e. The molecule has 0 unspecified atom stereocenters. The van der Waals surface area contributed by atoms with E-state index in [-0.39, 0.29) is 0 Å². The third-order valence-corrected chi connectivity index (χ3v) is 7.66. The van der Waals surface area contributed by atoms with Crippen molar-refractivity contribution in [3.8, 4) is 0 Å². The molecule has 0 aromatic heterocycles. The molecule has 3 aromatic rings. The smallest absolute Gasteiger partial charge is 0.0403 e. The van der Waals surface area contributed by atoms with Crippen LogP contribution in [-0.2, 0) is 25.9 Å². The summed E-state index contributed by atoms with van der Waals surface area (Å²) < 4.78 is 0. The van der Waals surface area contributed by atoms with Gasteiger partial charge in [-0.15, -0.1) is 0 Å². The molecule has 3 nitrogen and oxygen atoms in total. The molecule has 0 N–H and O–H groups in total. The van der Waals surface area contributed by atoms with E-state index in [0.717, 1.165) is 32.6 Å². The van der Waals surface area contributed by atoms with Gasteiger partial charge in [-0.3, -0.25) is 9.80 Å². The molecule has 0 saturated carbocycles. The molecule has 1 aliphatic carbocycles. The summed E-state index contributed by atoms with van der Waals surface area (Å²) in [5.74, 6) is 0. The van der Waals surface area contributed by atoms with Crippen molar-refractivity contribution in [3.63, 3.8) is 0 Å². The first-order valence-corrected chi connectivity index (χ1v) is 13.2. The maximum atomic E-state index is 2.73. The number of piperazine rings is 1. The highest BCUT2D eigenvalue weighted by molar-refractivity contribution is 5.58. The molecule has 0 amide bonds. The van der Waals surface area contributed by atoms with Crippen molar-refractivity contribution in [1.82, 2.24) is 9.80 Å². The SMILES string of the molecule is CCCN1CCN(c2cccc3c2C[C@H](N(Cc2ccccc2)Cc2ccccc2)CC3)CC1.